The summed E-state index contributed by atoms with van der Waals surface area (Å²) in [5, 5.41) is 3.79. The average Bonchev–Trinajstić information content (AvgIpc) is 2.93. The lowest BCUT2D eigenvalue weighted by molar-refractivity contribution is -0.136. The third-order valence-corrected chi connectivity index (χ3v) is 7.26. The number of nitrogens with zero attached hydrogens (tertiary/aromatic N) is 4. The van der Waals surface area contributed by atoms with Crippen LogP contribution in [0.15, 0.2) is 77.1 Å². The van der Waals surface area contributed by atoms with Gasteiger partial charge in [0.2, 0.25) is 0 Å². The van der Waals surface area contributed by atoms with Crippen LogP contribution >= 0.6 is 23.2 Å². The van der Waals surface area contributed by atoms with E-state index in [1.54, 1.807) is 18.2 Å². The van der Waals surface area contributed by atoms with Crippen LogP contribution < -0.4 is 10.2 Å². The van der Waals surface area contributed by atoms with Gasteiger partial charge >= 0.3 is 5.97 Å². The SMILES string of the molecule is COC(=O)C1=C(CN2CCN(c3ccccc3)CC2)NC(c2ncc(F)cc2F)=NC1c1ccc(Cl)cc1Cl. The number of hydrogen-bond acceptors (Lipinski definition) is 7. The number of pyridine rings is 1. The van der Waals surface area contributed by atoms with Crippen LogP contribution in [0.25, 0.3) is 0 Å². The summed E-state index contributed by atoms with van der Waals surface area (Å²) in [4.78, 5) is 26.2. The maximum Gasteiger partial charge on any atom is 0.338 e. The highest BCUT2D eigenvalue weighted by Gasteiger charge is 2.35. The summed E-state index contributed by atoms with van der Waals surface area (Å²) in [7, 11) is 1.28. The molecule has 0 saturated carbocycles. The van der Waals surface area contributed by atoms with Gasteiger partial charge in [0.25, 0.3) is 0 Å². The van der Waals surface area contributed by atoms with Crippen molar-refractivity contribution in [1.29, 1.82) is 0 Å². The fraction of sp³-hybridized carbons (Fsp3) is 0.250. The van der Waals surface area contributed by atoms with Gasteiger partial charge in [-0.25, -0.2) is 18.6 Å². The van der Waals surface area contributed by atoms with Crippen molar-refractivity contribution in [2.45, 2.75) is 6.04 Å². The number of nitrogens with one attached hydrogen (secondary N) is 1. The molecule has 2 aromatic carbocycles. The molecule has 202 valence electrons. The number of rotatable bonds is 6. The quantitative estimate of drug-likeness (QED) is 0.419. The number of carbonyl (C=O) groups is 1. The van der Waals surface area contributed by atoms with E-state index in [0.717, 1.165) is 44.1 Å². The summed E-state index contributed by atoms with van der Waals surface area (Å²) in [5.74, 6) is -2.26. The van der Waals surface area contributed by atoms with Gasteiger partial charge in [-0.3, -0.25) is 9.89 Å². The van der Waals surface area contributed by atoms with Crippen LogP contribution in [-0.2, 0) is 9.53 Å². The smallest absolute Gasteiger partial charge is 0.338 e. The molecule has 3 heterocycles. The summed E-state index contributed by atoms with van der Waals surface area (Å²) in [6.07, 6.45) is 0.912. The topological polar surface area (TPSA) is 70.1 Å². The molecule has 1 unspecified atom stereocenters. The van der Waals surface area contributed by atoms with Crippen molar-refractivity contribution in [2.75, 3.05) is 44.7 Å². The zero-order valence-corrected chi connectivity index (χ0v) is 22.5. The molecule has 0 bridgehead atoms. The Morgan fingerprint density at radius 1 is 1.08 bits per heavy atom. The second-order valence-corrected chi connectivity index (χ2v) is 9.98. The average molecular weight is 572 g/mol. The van der Waals surface area contributed by atoms with Crippen LogP contribution in [0.4, 0.5) is 14.5 Å². The lowest BCUT2D eigenvalue weighted by atomic mass is 9.95. The van der Waals surface area contributed by atoms with Gasteiger partial charge in [-0.05, 0) is 24.3 Å². The van der Waals surface area contributed by atoms with E-state index < -0.39 is 23.6 Å². The maximum atomic E-state index is 14.8. The first-order valence-corrected chi connectivity index (χ1v) is 13.0. The molecule has 1 N–H and O–H groups in total. The fourth-order valence-corrected chi connectivity index (χ4v) is 5.27. The summed E-state index contributed by atoms with van der Waals surface area (Å²) in [6.45, 7) is 3.34. The molecule has 2 aliphatic rings. The number of carbonyl (C=O) groups excluding carboxylic acids is 1. The van der Waals surface area contributed by atoms with E-state index in [1.165, 1.54) is 7.11 Å². The van der Waals surface area contributed by atoms with Gasteiger partial charge < -0.3 is 15.0 Å². The van der Waals surface area contributed by atoms with Gasteiger partial charge in [0, 0.05) is 65.8 Å². The molecule has 1 atom stereocenters. The van der Waals surface area contributed by atoms with Gasteiger partial charge in [0.05, 0.1) is 18.9 Å². The Morgan fingerprint density at radius 2 is 1.82 bits per heavy atom. The van der Waals surface area contributed by atoms with Crippen molar-refractivity contribution in [2.24, 2.45) is 4.99 Å². The van der Waals surface area contributed by atoms with E-state index in [2.05, 4.69) is 37.2 Å². The van der Waals surface area contributed by atoms with Crippen LogP contribution in [0.5, 0.6) is 0 Å². The largest absolute Gasteiger partial charge is 0.466 e. The molecule has 1 fully saturated rings. The predicted octanol–water partition coefficient (Wildman–Crippen LogP) is 5.01. The monoisotopic (exact) mass is 571 g/mol. The summed E-state index contributed by atoms with van der Waals surface area (Å²) in [5.41, 5.74) is 2.16. The Morgan fingerprint density at radius 3 is 2.49 bits per heavy atom. The standard InChI is InChI=1S/C28H25Cl2F2N5O2/c1-39-28(38)24-23(16-36-9-11-37(12-10-36)19-5-3-2-4-6-19)34-27(26-22(32)14-18(31)15-33-26)35-25(24)20-8-7-17(29)13-21(20)30/h2-8,13-15,25H,9-12,16H2,1H3,(H,34,35). The molecule has 2 aliphatic heterocycles. The minimum atomic E-state index is -0.940. The fourth-order valence-electron chi connectivity index (χ4n) is 4.75. The summed E-state index contributed by atoms with van der Waals surface area (Å²) >= 11 is 12.6. The van der Waals surface area contributed by atoms with Gasteiger partial charge in [0.1, 0.15) is 17.6 Å². The number of ether oxygens (including phenoxy) is 1. The molecule has 11 heteroatoms. The molecule has 0 aliphatic carbocycles. The third-order valence-electron chi connectivity index (χ3n) is 6.70. The first kappa shape index (κ1) is 27.1. The Bertz CT molecular complexity index is 1440. The zero-order valence-electron chi connectivity index (χ0n) is 21.0. The van der Waals surface area contributed by atoms with Gasteiger partial charge in [-0.1, -0.05) is 47.5 Å². The number of esters is 1. The van der Waals surface area contributed by atoms with Crippen molar-refractivity contribution in [1.82, 2.24) is 15.2 Å². The van der Waals surface area contributed by atoms with Crippen LogP contribution in [0.3, 0.4) is 0 Å². The Balaban J connectivity index is 1.51. The van der Waals surface area contributed by atoms with Gasteiger partial charge in [0.15, 0.2) is 11.7 Å². The second kappa shape index (κ2) is 11.7. The Labute approximate surface area is 234 Å². The molecular formula is C28H25Cl2F2N5O2. The predicted molar refractivity (Wildman–Crippen MR) is 147 cm³/mol. The lowest BCUT2D eigenvalue weighted by Crippen LogP contribution is -2.49. The molecule has 39 heavy (non-hydrogen) atoms. The molecule has 1 aromatic heterocycles. The summed E-state index contributed by atoms with van der Waals surface area (Å²) in [6, 6.07) is 14.8. The first-order chi connectivity index (χ1) is 18.8. The van der Waals surface area contributed by atoms with E-state index in [-0.39, 0.29) is 22.1 Å². The Kier molecular flexibility index (Phi) is 8.11. The molecule has 0 spiro atoms. The normalized spacial score (nSPS) is 18.0. The molecule has 0 radical (unpaired) electrons. The van der Waals surface area contributed by atoms with E-state index >= 15 is 0 Å². The van der Waals surface area contributed by atoms with Crippen molar-refractivity contribution in [3.05, 3.63) is 105 Å². The third kappa shape index (κ3) is 5.90. The van der Waals surface area contributed by atoms with Crippen molar-refractivity contribution in [3.8, 4) is 0 Å². The van der Waals surface area contributed by atoms with E-state index in [4.69, 9.17) is 27.9 Å². The summed E-state index contributed by atoms with van der Waals surface area (Å²) < 4.78 is 33.6. The van der Waals surface area contributed by atoms with E-state index in [1.807, 2.05) is 18.2 Å². The molecule has 0 amide bonds. The number of anilines is 1. The molecule has 1 saturated heterocycles. The van der Waals surface area contributed by atoms with Crippen molar-refractivity contribution >= 4 is 40.7 Å². The van der Waals surface area contributed by atoms with Gasteiger partial charge in [-0.15, -0.1) is 0 Å². The molecule has 7 nitrogen and oxygen atoms in total. The number of benzene rings is 2. The zero-order chi connectivity index (χ0) is 27.5. The van der Waals surface area contributed by atoms with E-state index in [0.29, 0.717) is 22.8 Å². The lowest BCUT2D eigenvalue weighted by Gasteiger charge is -2.37. The van der Waals surface area contributed by atoms with Crippen LogP contribution in [-0.4, -0.2) is 61.5 Å². The number of amidine groups is 1. The minimum Gasteiger partial charge on any atom is -0.466 e. The highest BCUT2D eigenvalue weighted by Crippen LogP contribution is 2.37. The number of piperazine rings is 1. The number of hydrogen-bond donors (Lipinski definition) is 1. The highest BCUT2D eigenvalue weighted by atomic mass is 35.5. The van der Waals surface area contributed by atoms with Crippen molar-refractivity contribution < 1.29 is 18.3 Å². The second-order valence-electron chi connectivity index (χ2n) is 9.14. The number of aliphatic imine (C=N–C) groups is 1. The number of aromatic nitrogens is 1. The van der Waals surface area contributed by atoms with Gasteiger partial charge in [-0.2, -0.15) is 0 Å². The van der Waals surface area contributed by atoms with E-state index in [9.17, 15) is 13.6 Å². The van der Waals surface area contributed by atoms with Crippen LogP contribution in [0, 0.1) is 11.6 Å². The number of para-hydroxylation sites is 1. The Hall–Kier alpha value is -3.53. The first-order valence-electron chi connectivity index (χ1n) is 12.3. The molecular weight excluding hydrogens is 547 g/mol. The number of halogens is 4. The molecule has 5 rings (SSSR count). The highest BCUT2D eigenvalue weighted by molar-refractivity contribution is 6.35. The molecule has 3 aromatic rings. The van der Waals surface area contributed by atoms with Crippen molar-refractivity contribution in [3.63, 3.8) is 0 Å². The van der Waals surface area contributed by atoms with Crippen LogP contribution in [0.1, 0.15) is 17.3 Å². The van der Waals surface area contributed by atoms with Crippen LogP contribution in [0.2, 0.25) is 10.0 Å². The maximum absolute atomic E-state index is 14.8. The minimum absolute atomic E-state index is 0.0501. The number of methoxy groups -OCH3 is 1.